The average Bonchev–Trinajstić information content (AvgIpc) is 2.49. The van der Waals surface area contributed by atoms with Gasteiger partial charge in [-0.1, -0.05) is 19.1 Å². The molecule has 0 saturated heterocycles. The quantitative estimate of drug-likeness (QED) is 0.640. The van der Waals surface area contributed by atoms with Crippen molar-refractivity contribution in [2.45, 2.75) is 26.0 Å². The zero-order valence-corrected chi connectivity index (χ0v) is 12.7. The maximum absolute atomic E-state index is 11.1. The van der Waals surface area contributed by atoms with Crippen LogP contribution in [-0.2, 0) is 16.1 Å². The molecule has 0 aromatic heterocycles. The lowest BCUT2D eigenvalue weighted by molar-refractivity contribution is -0.145. The molecule has 6 nitrogen and oxygen atoms in total. The Bertz CT molecular complexity index is 450. The summed E-state index contributed by atoms with van der Waals surface area (Å²) in [5.74, 6) is 0.0154. The number of para-hydroxylation sites is 1. The van der Waals surface area contributed by atoms with Gasteiger partial charge in [0.1, 0.15) is 0 Å². The molecule has 0 amide bonds. The number of ether oxygens (including phenoxy) is 3. The third kappa shape index (κ3) is 5.24. The lowest BCUT2D eigenvalue weighted by Gasteiger charge is -2.19. The summed E-state index contributed by atoms with van der Waals surface area (Å²) in [6, 6.07) is 5.48. The van der Waals surface area contributed by atoms with E-state index in [2.05, 4.69) is 5.32 Å². The minimum atomic E-state index is -0.985. The Balaban J connectivity index is 2.89. The Hall–Kier alpha value is -1.79. The summed E-state index contributed by atoms with van der Waals surface area (Å²) < 4.78 is 15.9. The number of aliphatic carboxylic acids is 1. The molecule has 1 rings (SSSR count). The minimum Gasteiger partial charge on any atom is -0.493 e. The highest BCUT2D eigenvalue weighted by molar-refractivity contribution is 5.73. The van der Waals surface area contributed by atoms with E-state index in [1.54, 1.807) is 20.1 Å². The van der Waals surface area contributed by atoms with E-state index in [4.69, 9.17) is 19.3 Å². The molecular weight excluding hydrogens is 274 g/mol. The highest BCUT2D eigenvalue weighted by Gasteiger charge is 2.21. The number of methoxy groups -OCH3 is 2. The van der Waals surface area contributed by atoms with Gasteiger partial charge in [-0.2, -0.15) is 0 Å². The van der Waals surface area contributed by atoms with Crippen LogP contribution in [-0.4, -0.2) is 44.6 Å². The first kappa shape index (κ1) is 17.3. The molecule has 2 N–H and O–H groups in total. The van der Waals surface area contributed by atoms with Gasteiger partial charge in [-0.3, -0.25) is 0 Å². The highest BCUT2D eigenvalue weighted by Crippen LogP contribution is 2.32. The summed E-state index contributed by atoms with van der Waals surface area (Å²) in [5.41, 5.74) is 0.852. The smallest absolute Gasteiger partial charge is 0.344 e. The van der Waals surface area contributed by atoms with Crippen molar-refractivity contribution >= 4 is 5.97 Å². The van der Waals surface area contributed by atoms with Crippen LogP contribution in [0.2, 0.25) is 0 Å². The van der Waals surface area contributed by atoms with E-state index in [9.17, 15) is 4.79 Å². The third-order valence-corrected chi connectivity index (χ3v) is 2.99. The van der Waals surface area contributed by atoms with E-state index >= 15 is 0 Å². The molecule has 1 aromatic carbocycles. The molecule has 1 atom stereocenters. The van der Waals surface area contributed by atoms with Gasteiger partial charge in [0.15, 0.2) is 17.6 Å². The van der Waals surface area contributed by atoms with E-state index in [1.165, 1.54) is 7.11 Å². The van der Waals surface area contributed by atoms with E-state index in [-0.39, 0.29) is 0 Å². The Morgan fingerprint density at radius 2 is 2.14 bits per heavy atom. The van der Waals surface area contributed by atoms with Crippen LogP contribution in [0.1, 0.15) is 18.9 Å². The number of rotatable bonds is 10. The van der Waals surface area contributed by atoms with Crippen molar-refractivity contribution in [1.82, 2.24) is 5.32 Å². The van der Waals surface area contributed by atoms with Crippen LogP contribution in [0, 0.1) is 0 Å². The van der Waals surface area contributed by atoms with E-state index in [0.29, 0.717) is 37.6 Å². The van der Waals surface area contributed by atoms with Gasteiger partial charge in [0.25, 0.3) is 0 Å². The molecule has 0 bridgehead atoms. The topological polar surface area (TPSA) is 77.0 Å². The van der Waals surface area contributed by atoms with Crippen molar-refractivity contribution in [2.75, 3.05) is 27.4 Å². The fraction of sp³-hybridized carbons (Fsp3) is 0.533. The van der Waals surface area contributed by atoms with Gasteiger partial charge in [0.2, 0.25) is 0 Å². The largest absolute Gasteiger partial charge is 0.493 e. The number of nitrogens with one attached hydrogen (secondary N) is 1. The lowest BCUT2D eigenvalue weighted by atomic mass is 10.1. The molecule has 0 heterocycles. The molecule has 1 aromatic rings. The Labute approximate surface area is 125 Å². The fourth-order valence-electron chi connectivity index (χ4n) is 1.84. The molecule has 0 aliphatic rings. The zero-order chi connectivity index (χ0) is 15.7. The number of carboxylic acid groups (broad SMARTS) is 1. The lowest BCUT2D eigenvalue weighted by Crippen LogP contribution is -2.27. The van der Waals surface area contributed by atoms with Gasteiger partial charge < -0.3 is 24.6 Å². The first-order valence-electron chi connectivity index (χ1n) is 6.89. The minimum absolute atomic E-state index is 0.379. The second kappa shape index (κ2) is 9.20. The van der Waals surface area contributed by atoms with Crippen LogP contribution in [0.3, 0.4) is 0 Å². The SMILES string of the molecule is CCC(Oc1c(CNCCOC)cccc1OC)C(=O)O. The van der Waals surface area contributed by atoms with Crippen LogP contribution in [0.4, 0.5) is 0 Å². The summed E-state index contributed by atoms with van der Waals surface area (Å²) in [6.07, 6.45) is -0.511. The summed E-state index contributed by atoms with van der Waals surface area (Å²) in [7, 11) is 3.17. The Kier molecular flexibility index (Phi) is 7.56. The second-order valence-electron chi connectivity index (χ2n) is 4.47. The number of hydrogen-bond acceptors (Lipinski definition) is 5. The van der Waals surface area contributed by atoms with Crippen LogP contribution in [0.5, 0.6) is 11.5 Å². The molecular formula is C15H23NO5. The van der Waals surface area contributed by atoms with Gasteiger partial charge in [0, 0.05) is 25.8 Å². The van der Waals surface area contributed by atoms with Gasteiger partial charge in [-0.25, -0.2) is 4.79 Å². The standard InChI is InChI=1S/C15H23NO5/c1-4-12(15(17)18)21-14-11(10-16-8-9-19-2)6-5-7-13(14)20-3/h5-7,12,16H,4,8-10H2,1-3H3,(H,17,18). The predicted octanol–water partition coefficient (Wildman–Crippen LogP) is 1.67. The molecule has 0 aliphatic heterocycles. The van der Waals surface area contributed by atoms with E-state index < -0.39 is 12.1 Å². The second-order valence-corrected chi connectivity index (χ2v) is 4.47. The van der Waals surface area contributed by atoms with Gasteiger partial charge in [0.05, 0.1) is 13.7 Å². The molecule has 0 fully saturated rings. The molecule has 0 radical (unpaired) electrons. The van der Waals surface area contributed by atoms with Crippen molar-refractivity contribution in [3.8, 4) is 11.5 Å². The van der Waals surface area contributed by atoms with E-state index in [1.807, 2.05) is 12.1 Å². The number of benzene rings is 1. The zero-order valence-electron chi connectivity index (χ0n) is 12.7. The maximum atomic E-state index is 11.1. The van der Waals surface area contributed by atoms with Crippen LogP contribution in [0.15, 0.2) is 18.2 Å². The molecule has 6 heteroatoms. The third-order valence-electron chi connectivity index (χ3n) is 2.99. The summed E-state index contributed by atoms with van der Waals surface area (Å²) in [4.78, 5) is 11.1. The summed E-state index contributed by atoms with van der Waals surface area (Å²) in [6.45, 7) is 3.62. The monoisotopic (exact) mass is 297 g/mol. The molecule has 0 saturated carbocycles. The van der Waals surface area contributed by atoms with Crippen molar-refractivity contribution in [1.29, 1.82) is 0 Å². The normalized spacial score (nSPS) is 12.0. The first-order valence-corrected chi connectivity index (χ1v) is 6.89. The summed E-state index contributed by atoms with van der Waals surface area (Å²) >= 11 is 0. The van der Waals surface area contributed by atoms with Gasteiger partial charge in [-0.05, 0) is 12.5 Å². The van der Waals surface area contributed by atoms with Crippen molar-refractivity contribution in [2.24, 2.45) is 0 Å². The average molecular weight is 297 g/mol. The summed E-state index contributed by atoms with van der Waals surface area (Å²) in [5, 5.41) is 12.3. The van der Waals surface area contributed by atoms with E-state index in [0.717, 1.165) is 5.56 Å². The van der Waals surface area contributed by atoms with Crippen molar-refractivity contribution < 1.29 is 24.1 Å². The fourth-order valence-corrected chi connectivity index (χ4v) is 1.84. The molecule has 118 valence electrons. The Morgan fingerprint density at radius 1 is 1.38 bits per heavy atom. The molecule has 0 spiro atoms. The number of carboxylic acids is 1. The van der Waals surface area contributed by atoms with Crippen molar-refractivity contribution in [3.05, 3.63) is 23.8 Å². The molecule has 1 unspecified atom stereocenters. The number of carbonyl (C=O) groups is 1. The first-order chi connectivity index (χ1) is 10.1. The van der Waals surface area contributed by atoms with Crippen LogP contribution in [0.25, 0.3) is 0 Å². The van der Waals surface area contributed by atoms with Crippen molar-refractivity contribution in [3.63, 3.8) is 0 Å². The molecule has 0 aliphatic carbocycles. The van der Waals surface area contributed by atoms with Gasteiger partial charge in [-0.15, -0.1) is 0 Å². The predicted molar refractivity (Wildman–Crippen MR) is 78.9 cm³/mol. The van der Waals surface area contributed by atoms with Crippen LogP contribution >= 0.6 is 0 Å². The van der Waals surface area contributed by atoms with Gasteiger partial charge >= 0.3 is 5.97 Å². The number of hydrogen-bond donors (Lipinski definition) is 2. The molecule has 21 heavy (non-hydrogen) atoms. The Morgan fingerprint density at radius 3 is 2.71 bits per heavy atom. The highest BCUT2D eigenvalue weighted by atomic mass is 16.5. The van der Waals surface area contributed by atoms with Crippen LogP contribution < -0.4 is 14.8 Å². The maximum Gasteiger partial charge on any atom is 0.344 e.